The van der Waals surface area contributed by atoms with E-state index in [-0.39, 0.29) is 11.9 Å². The van der Waals surface area contributed by atoms with Crippen molar-refractivity contribution in [3.63, 3.8) is 0 Å². The number of rotatable bonds is 5. The molecule has 0 aliphatic carbocycles. The molecule has 142 valence electrons. The predicted molar refractivity (Wildman–Crippen MR) is 103 cm³/mol. The van der Waals surface area contributed by atoms with Crippen LogP contribution in [-0.4, -0.2) is 41.9 Å². The highest BCUT2D eigenvalue weighted by molar-refractivity contribution is 5.88. The maximum absolute atomic E-state index is 12.6. The average molecular weight is 368 g/mol. The van der Waals surface area contributed by atoms with E-state index in [2.05, 4.69) is 15.3 Å². The van der Waals surface area contributed by atoms with Crippen molar-refractivity contribution in [3.8, 4) is 5.75 Å². The lowest BCUT2D eigenvalue weighted by molar-refractivity contribution is -0.121. The van der Waals surface area contributed by atoms with Crippen molar-refractivity contribution in [3.05, 3.63) is 42.4 Å². The second kappa shape index (κ2) is 7.34. The number of anilines is 1. The van der Waals surface area contributed by atoms with Crippen molar-refractivity contribution in [1.82, 2.24) is 15.1 Å². The Balaban J connectivity index is 1.39. The standard InChI is InChI=1S/C20H24N4O3/c1-23-12-16(10-21-23)24-7-3-4-15(11-24)22-20(25)8-14-13-27-19-9-17(26-2)5-6-18(14)19/h5-6,9-10,12-13,15H,3-4,7-8,11H2,1-2H3,(H,22,25). The Morgan fingerprint density at radius 2 is 2.33 bits per heavy atom. The molecule has 1 amide bonds. The van der Waals surface area contributed by atoms with Gasteiger partial charge in [-0.1, -0.05) is 0 Å². The van der Waals surface area contributed by atoms with Gasteiger partial charge in [-0.05, 0) is 25.0 Å². The first kappa shape index (κ1) is 17.5. The maximum atomic E-state index is 12.6. The molecule has 1 saturated heterocycles. The highest BCUT2D eigenvalue weighted by Gasteiger charge is 2.23. The Hall–Kier alpha value is -2.96. The summed E-state index contributed by atoms with van der Waals surface area (Å²) in [6, 6.07) is 5.80. The molecule has 0 radical (unpaired) electrons. The number of ether oxygens (including phenoxy) is 1. The molecule has 1 N–H and O–H groups in total. The van der Waals surface area contributed by atoms with E-state index in [1.165, 1.54) is 0 Å². The minimum Gasteiger partial charge on any atom is -0.497 e. The normalized spacial score (nSPS) is 17.3. The number of nitrogens with one attached hydrogen (secondary N) is 1. The van der Waals surface area contributed by atoms with Crippen molar-refractivity contribution in [1.29, 1.82) is 0 Å². The number of aryl methyl sites for hydroxylation is 1. The third kappa shape index (κ3) is 3.77. The van der Waals surface area contributed by atoms with Crippen LogP contribution in [0.25, 0.3) is 11.0 Å². The second-order valence-electron chi connectivity index (χ2n) is 7.02. The van der Waals surface area contributed by atoms with E-state index in [9.17, 15) is 4.79 Å². The van der Waals surface area contributed by atoms with Gasteiger partial charge in [-0.2, -0.15) is 5.10 Å². The highest BCUT2D eigenvalue weighted by Crippen LogP contribution is 2.26. The molecule has 3 aromatic rings. The molecule has 2 aromatic heterocycles. The van der Waals surface area contributed by atoms with Gasteiger partial charge in [0.1, 0.15) is 11.3 Å². The lowest BCUT2D eigenvalue weighted by Crippen LogP contribution is -2.48. The number of methoxy groups -OCH3 is 1. The first-order chi connectivity index (χ1) is 13.1. The molecule has 1 aliphatic rings. The van der Waals surface area contributed by atoms with E-state index < -0.39 is 0 Å². The third-order valence-electron chi connectivity index (χ3n) is 5.06. The summed E-state index contributed by atoms with van der Waals surface area (Å²) in [4.78, 5) is 14.9. The Bertz CT molecular complexity index is 946. The van der Waals surface area contributed by atoms with Crippen molar-refractivity contribution in [2.45, 2.75) is 25.3 Å². The van der Waals surface area contributed by atoms with Crippen molar-refractivity contribution in [2.24, 2.45) is 7.05 Å². The van der Waals surface area contributed by atoms with Crippen molar-refractivity contribution in [2.75, 3.05) is 25.1 Å². The predicted octanol–water partition coefficient (Wildman–Crippen LogP) is 2.50. The van der Waals surface area contributed by atoms with Gasteiger partial charge in [0.15, 0.2) is 0 Å². The molecule has 1 aliphatic heterocycles. The number of piperidine rings is 1. The zero-order valence-corrected chi connectivity index (χ0v) is 15.6. The fourth-order valence-corrected chi connectivity index (χ4v) is 3.68. The molecule has 1 unspecified atom stereocenters. The molecule has 1 atom stereocenters. The minimum absolute atomic E-state index is 0.0200. The molecular weight excluding hydrogens is 344 g/mol. The zero-order valence-electron chi connectivity index (χ0n) is 15.6. The molecule has 1 fully saturated rings. The summed E-state index contributed by atoms with van der Waals surface area (Å²) in [5.41, 5.74) is 2.73. The van der Waals surface area contributed by atoms with Crippen LogP contribution < -0.4 is 15.0 Å². The fourth-order valence-electron chi connectivity index (χ4n) is 3.68. The van der Waals surface area contributed by atoms with Gasteiger partial charge < -0.3 is 19.4 Å². The number of aromatic nitrogens is 2. The molecule has 4 rings (SSSR count). The zero-order chi connectivity index (χ0) is 18.8. The van der Waals surface area contributed by atoms with E-state index in [1.54, 1.807) is 18.1 Å². The van der Waals surface area contributed by atoms with Gasteiger partial charge in [0.2, 0.25) is 5.91 Å². The Morgan fingerprint density at radius 1 is 1.44 bits per heavy atom. The Kier molecular flexibility index (Phi) is 4.75. The summed E-state index contributed by atoms with van der Waals surface area (Å²) in [6.45, 7) is 1.80. The summed E-state index contributed by atoms with van der Waals surface area (Å²) in [5, 5.41) is 8.36. The van der Waals surface area contributed by atoms with Crippen LogP contribution in [0.1, 0.15) is 18.4 Å². The second-order valence-corrected chi connectivity index (χ2v) is 7.02. The summed E-state index contributed by atoms with van der Waals surface area (Å²) in [5.74, 6) is 0.761. The van der Waals surface area contributed by atoms with Crippen LogP contribution in [0.15, 0.2) is 41.3 Å². The SMILES string of the molecule is COc1ccc2c(CC(=O)NC3CCCN(c4cnn(C)c4)C3)coc2c1. The number of carbonyl (C=O) groups is 1. The van der Waals surface area contributed by atoms with Gasteiger partial charge in [0.05, 0.1) is 31.7 Å². The molecule has 0 bridgehead atoms. The average Bonchev–Trinajstić information content (AvgIpc) is 3.28. The van der Waals surface area contributed by atoms with E-state index in [4.69, 9.17) is 9.15 Å². The summed E-state index contributed by atoms with van der Waals surface area (Å²) >= 11 is 0. The number of nitrogens with zero attached hydrogens (tertiary/aromatic N) is 3. The number of carbonyl (C=O) groups excluding carboxylic acids is 1. The highest BCUT2D eigenvalue weighted by atomic mass is 16.5. The van der Waals surface area contributed by atoms with Crippen LogP contribution in [0.4, 0.5) is 5.69 Å². The number of hydrogen-bond acceptors (Lipinski definition) is 5. The van der Waals surface area contributed by atoms with Gasteiger partial charge in [-0.15, -0.1) is 0 Å². The quantitative estimate of drug-likeness (QED) is 0.749. The van der Waals surface area contributed by atoms with Gasteiger partial charge in [0, 0.05) is 49.4 Å². The maximum Gasteiger partial charge on any atom is 0.224 e. The Morgan fingerprint density at radius 3 is 3.11 bits per heavy atom. The molecule has 27 heavy (non-hydrogen) atoms. The fraction of sp³-hybridized carbons (Fsp3) is 0.400. The van der Waals surface area contributed by atoms with Crippen LogP contribution >= 0.6 is 0 Å². The number of hydrogen-bond donors (Lipinski definition) is 1. The van der Waals surface area contributed by atoms with E-state index in [1.807, 2.05) is 37.6 Å². The van der Waals surface area contributed by atoms with Crippen LogP contribution in [0.2, 0.25) is 0 Å². The number of furan rings is 1. The molecule has 7 nitrogen and oxygen atoms in total. The van der Waals surface area contributed by atoms with Gasteiger partial charge in [0.25, 0.3) is 0 Å². The van der Waals surface area contributed by atoms with Crippen LogP contribution in [0, 0.1) is 0 Å². The van der Waals surface area contributed by atoms with E-state index in [0.717, 1.165) is 53.9 Å². The minimum atomic E-state index is 0.0200. The molecule has 7 heteroatoms. The van der Waals surface area contributed by atoms with Gasteiger partial charge >= 0.3 is 0 Å². The molecule has 0 saturated carbocycles. The van der Waals surface area contributed by atoms with Crippen LogP contribution in [0.3, 0.4) is 0 Å². The van der Waals surface area contributed by atoms with E-state index >= 15 is 0 Å². The largest absolute Gasteiger partial charge is 0.497 e. The van der Waals surface area contributed by atoms with Crippen LogP contribution in [0.5, 0.6) is 5.75 Å². The lowest BCUT2D eigenvalue weighted by Gasteiger charge is -2.33. The summed E-state index contributed by atoms with van der Waals surface area (Å²) in [7, 11) is 3.54. The molecule has 3 heterocycles. The number of amides is 1. The molecule has 0 spiro atoms. The first-order valence-electron chi connectivity index (χ1n) is 9.19. The summed E-state index contributed by atoms with van der Waals surface area (Å²) in [6.07, 6.45) is 7.89. The number of fused-ring (bicyclic) bond motifs is 1. The first-order valence-corrected chi connectivity index (χ1v) is 9.19. The summed E-state index contributed by atoms with van der Waals surface area (Å²) < 4.78 is 12.6. The topological polar surface area (TPSA) is 72.5 Å². The van der Waals surface area contributed by atoms with Gasteiger partial charge in [-0.25, -0.2) is 0 Å². The smallest absolute Gasteiger partial charge is 0.224 e. The third-order valence-corrected chi connectivity index (χ3v) is 5.06. The van der Waals surface area contributed by atoms with Crippen molar-refractivity contribution < 1.29 is 13.9 Å². The van der Waals surface area contributed by atoms with Crippen molar-refractivity contribution >= 4 is 22.6 Å². The molecule has 1 aromatic carbocycles. The van der Waals surface area contributed by atoms with Gasteiger partial charge in [-0.3, -0.25) is 9.48 Å². The van der Waals surface area contributed by atoms with Crippen LogP contribution in [-0.2, 0) is 18.3 Å². The monoisotopic (exact) mass is 368 g/mol. The Labute approximate surface area is 157 Å². The lowest BCUT2D eigenvalue weighted by atomic mass is 10.0. The number of benzene rings is 1. The molecular formula is C20H24N4O3. The van der Waals surface area contributed by atoms with E-state index in [0.29, 0.717) is 6.42 Å².